The van der Waals surface area contributed by atoms with Crippen LogP contribution in [-0.4, -0.2) is 72.0 Å². The molecule has 0 radical (unpaired) electrons. The second-order valence-electron chi connectivity index (χ2n) is 6.95. The molecule has 8 heteroatoms. The van der Waals surface area contributed by atoms with Gasteiger partial charge in [0, 0.05) is 31.8 Å². The van der Waals surface area contributed by atoms with Gasteiger partial charge in [-0.2, -0.15) is 0 Å². The SMILES string of the molecule is C.C=CC(=O)OCC(CC)COC(=O)CCN(C)CCC[Si](C)(OCC)OCC. The molecule has 0 N–H and O–H groups in total. The van der Waals surface area contributed by atoms with Crippen LogP contribution < -0.4 is 0 Å². The molecule has 0 amide bonds. The topological polar surface area (TPSA) is 74.3 Å². The molecule has 0 aliphatic rings. The van der Waals surface area contributed by atoms with Crippen molar-refractivity contribution in [1.29, 1.82) is 0 Å². The van der Waals surface area contributed by atoms with E-state index in [1.54, 1.807) is 0 Å². The molecule has 7 nitrogen and oxygen atoms in total. The summed E-state index contributed by atoms with van der Waals surface area (Å²) in [7, 11) is -0.0727. The van der Waals surface area contributed by atoms with E-state index in [0.29, 0.717) is 26.2 Å². The predicted molar refractivity (Wildman–Crippen MR) is 119 cm³/mol. The van der Waals surface area contributed by atoms with Crippen LogP contribution in [-0.2, 0) is 27.9 Å². The fourth-order valence-electron chi connectivity index (χ4n) is 2.69. The quantitative estimate of drug-likeness (QED) is 0.196. The minimum Gasteiger partial charge on any atom is -0.465 e. The molecular formula is C21H43NO6Si. The lowest BCUT2D eigenvalue weighted by molar-refractivity contribution is -0.147. The molecule has 0 aromatic heterocycles. The van der Waals surface area contributed by atoms with Crippen LogP contribution in [0.15, 0.2) is 12.7 Å². The monoisotopic (exact) mass is 433 g/mol. The van der Waals surface area contributed by atoms with Gasteiger partial charge in [0.25, 0.3) is 0 Å². The van der Waals surface area contributed by atoms with Crippen LogP contribution >= 0.6 is 0 Å². The highest BCUT2D eigenvalue weighted by atomic mass is 28.4. The fraction of sp³-hybridized carbons (Fsp3) is 0.810. The molecule has 0 heterocycles. The van der Waals surface area contributed by atoms with Gasteiger partial charge in [0.1, 0.15) is 0 Å². The molecule has 0 aliphatic carbocycles. The van der Waals surface area contributed by atoms with Crippen molar-refractivity contribution in [2.75, 3.05) is 46.6 Å². The highest BCUT2D eigenvalue weighted by Gasteiger charge is 2.30. The Morgan fingerprint density at radius 3 is 2.17 bits per heavy atom. The predicted octanol–water partition coefficient (Wildman–Crippen LogP) is 3.78. The minimum atomic E-state index is -2.07. The first kappa shape index (κ1) is 30.0. The van der Waals surface area contributed by atoms with Crippen molar-refractivity contribution in [3.05, 3.63) is 12.7 Å². The third-order valence-corrected chi connectivity index (χ3v) is 7.51. The third-order valence-electron chi connectivity index (χ3n) is 4.45. The summed E-state index contributed by atoms with van der Waals surface area (Å²) in [6.45, 7) is 14.8. The van der Waals surface area contributed by atoms with Crippen LogP contribution in [0, 0.1) is 5.92 Å². The van der Waals surface area contributed by atoms with E-state index in [4.69, 9.17) is 18.3 Å². The summed E-state index contributed by atoms with van der Waals surface area (Å²) >= 11 is 0. The van der Waals surface area contributed by atoms with E-state index in [2.05, 4.69) is 18.0 Å². The summed E-state index contributed by atoms with van der Waals surface area (Å²) in [6, 6.07) is 0.936. The first-order chi connectivity index (χ1) is 13.3. The Morgan fingerprint density at radius 2 is 1.66 bits per heavy atom. The van der Waals surface area contributed by atoms with Gasteiger partial charge in [-0.1, -0.05) is 20.9 Å². The zero-order valence-corrected chi connectivity index (χ0v) is 19.3. The van der Waals surface area contributed by atoms with Gasteiger partial charge in [0.05, 0.1) is 19.6 Å². The minimum absolute atomic E-state index is 0. The van der Waals surface area contributed by atoms with Crippen molar-refractivity contribution in [1.82, 2.24) is 4.90 Å². The summed E-state index contributed by atoms with van der Waals surface area (Å²) in [5.41, 5.74) is 0. The van der Waals surface area contributed by atoms with Gasteiger partial charge in [-0.25, -0.2) is 4.79 Å². The molecule has 0 saturated heterocycles. The van der Waals surface area contributed by atoms with Crippen molar-refractivity contribution >= 4 is 20.5 Å². The van der Waals surface area contributed by atoms with E-state index in [1.807, 2.05) is 27.8 Å². The number of carbonyl (C=O) groups excluding carboxylic acids is 2. The molecule has 29 heavy (non-hydrogen) atoms. The lowest BCUT2D eigenvalue weighted by Gasteiger charge is -2.27. The Hall–Kier alpha value is -1.22. The summed E-state index contributed by atoms with van der Waals surface area (Å²) in [5, 5.41) is 0. The van der Waals surface area contributed by atoms with Gasteiger partial charge in [-0.05, 0) is 52.9 Å². The molecule has 172 valence electrons. The fourth-order valence-corrected chi connectivity index (χ4v) is 5.08. The van der Waals surface area contributed by atoms with Crippen LogP contribution in [0.25, 0.3) is 0 Å². The Kier molecular flexibility index (Phi) is 18.2. The lowest BCUT2D eigenvalue weighted by atomic mass is 10.1. The maximum atomic E-state index is 12.0. The van der Waals surface area contributed by atoms with Crippen molar-refractivity contribution < 1.29 is 27.9 Å². The Balaban J connectivity index is 0. The van der Waals surface area contributed by atoms with E-state index in [9.17, 15) is 9.59 Å². The number of rotatable bonds is 17. The number of hydrogen-bond acceptors (Lipinski definition) is 7. The molecule has 1 unspecified atom stereocenters. The molecule has 0 bridgehead atoms. The molecule has 0 spiro atoms. The first-order valence-electron chi connectivity index (χ1n) is 10.2. The van der Waals surface area contributed by atoms with Crippen LogP contribution in [0.4, 0.5) is 0 Å². The number of ether oxygens (including phenoxy) is 2. The number of hydrogen-bond donors (Lipinski definition) is 0. The number of esters is 2. The Labute approximate surface area is 179 Å². The van der Waals surface area contributed by atoms with Gasteiger partial charge < -0.3 is 23.2 Å². The summed E-state index contributed by atoms with van der Waals surface area (Å²) < 4.78 is 22.0. The zero-order chi connectivity index (χ0) is 21.4. The average Bonchev–Trinajstić information content (AvgIpc) is 2.66. The van der Waals surface area contributed by atoms with Gasteiger partial charge in [-0.15, -0.1) is 0 Å². The van der Waals surface area contributed by atoms with Crippen molar-refractivity contribution in [2.24, 2.45) is 5.92 Å². The second kappa shape index (κ2) is 17.6. The van der Waals surface area contributed by atoms with E-state index in [0.717, 1.165) is 31.5 Å². The molecule has 0 rings (SSSR count). The van der Waals surface area contributed by atoms with Crippen molar-refractivity contribution in [3.63, 3.8) is 0 Å². The summed E-state index contributed by atoms with van der Waals surface area (Å²) in [6.07, 6.45) is 3.20. The summed E-state index contributed by atoms with van der Waals surface area (Å²) in [4.78, 5) is 25.2. The van der Waals surface area contributed by atoms with E-state index >= 15 is 0 Å². The molecule has 0 aromatic carbocycles. The largest absolute Gasteiger partial charge is 0.465 e. The van der Waals surface area contributed by atoms with Crippen LogP contribution in [0.2, 0.25) is 12.6 Å². The molecule has 0 saturated carbocycles. The second-order valence-corrected chi connectivity index (χ2v) is 10.3. The molecule has 0 fully saturated rings. The molecular weight excluding hydrogens is 390 g/mol. The maximum absolute atomic E-state index is 12.0. The normalized spacial score (nSPS) is 12.2. The van der Waals surface area contributed by atoms with E-state index in [-0.39, 0.29) is 32.5 Å². The summed E-state index contributed by atoms with van der Waals surface area (Å²) in [5.74, 6) is -0.687. The highest BCUT2D eigenvalue weighted by Crippen LogP contribution is 2.16. The highest BCUT2D eigenvalue weighted by molar-refractivity contribution is 6.66. The zero-order valence-electron chi connectivity index (χ0n) is 18.3. The van der Waals surface area contributed by atoms with Crippen molar-refractivity contribution in [3.8, 4) is 0 Å². The van der Waals surface area contributed by atoms with Gasteiger partial charge >= 0.3 is 20.5 Å². The smallest absolute Gasteiger partial charge is 0.334 e. The molecule has 0 aromatic rings. The Bertz CT molecular complexity index is 454. The van der Waals surface area contributed by atoms with Crippen LogP contribution in [0.5, 0.6) is 0 Å². The first-order valence-corrected chi connectivity index (χ1v) is 12.7. The average molecular weight is 434 g/mol. The third kappa shape index (κ3) is 15.3. The lowest BCUT2D eigenvalue weighted by Crippen LogP contribution is -2.39. The Morgan fingerprint density at radius 1 is 1.07 bits per heavy atom. The maximum Gasteiger partial charge on any atom is 0.334 e. The van der Waals surface area contributed by atoms with E-state index in [1.165, 1.54) is 0 Å². The molecule has 0 aliphatic heterocycles. The van der Waals surface area contributed by atoms with Crippen molar-refractivity contribution in [2.45, 2.75) is 60.1 Å². The van der Waals surface area contributed by atoms with Gasteiger partial charge in [-0.3, -0.25) is 4.79 Å². The van der Waals surface area contributed by atoms with Crippen LogP contribution in [0.1, 0.15) is 47.5 Å². The van der Waals surface area contributed by atoms with E-state index < -0.39 is 14.5 Å². The van der Waals surface area contributed by atoms with Crippen LogP contribution in [0.3, 0.4) is 0 Å². The standard InChI is InChI=1S/C20H39NO6Si.CH4/c1-7-18(16-24-19(22)8-2)17-25-20(23)12-14-21(5)13-11-15-28(6,26-9-3)27-10-4;/h8,18H,2,7,9-17H2,1,3-6H3;1H4. The van der Waals surface area contributed by atoms with Gasteiger partial charge in [0.15, 0.2) is 0 Å². The number of carbonyl (C=O) groups is 2. The molecule has 1 atom stereocenters. The number of nitrogens with zero attached hydrogens (tertiary/aromatic N) is 1. The van der Waals surface area contributed by atoms with Gasteiger partial charge in [0.2, 0.25) is 0 Å².